The lowest BCUT2D eigenvalue weighted by Gasteiger charge is -2.29. The standard InChI is InChI=1S/C21H29N7O.C17H25ClFN/c1-21(2,3)17-11-15-13-28(20(29)27-18(15)26-17)16-7-5-14(6-8-16)12-24-9-4-10-25-19(22)23;1-17(2,3)14-8-13(9-15(18)16(14)19)12-6-4-11(10-20)5-7-12/h5-8,11,13,24H,4,9-10,12H2,1-3H3,(H4,22,23,25)(H,26,27,29);8-9,11-12H,4-7,10,20H2,1-3H3. The summed E-state index contributed by atoms with van der Waals surface area (Å²) < 4.78 is 15.8. The quantitative estimate of drug-likeness (QED) is 0.0741. The van der Waals surface area contributed by atoms with Crippen molar-refractivity contribution in [2.45, 2.75) is 96.9 Å². The van der Waals surface area contributed by atoms with E-state index in [-0.39, 0.29) is 33.3 Å². The highest BCUT2D eigenvalue weighted by molar-refractivity contribution is 6.30. The minimum absolute atomic E-state index is 0.0352. The number of halogens is 2. The predicted octanol–water partition coefficient (Wildman–Crippen LogP) is 6.77. The molecule has 5 rings (SSSR count). The van der Waals surface area contributed by atoms with E-state index in [1.54, 1.807) is 4.57 Å². The molecule has 9 nitrogen and oxygen atoms in total. The van der Waals surface area contributed by atoms with Gasteiger partial charge in [0.2, 0.25) is 0 Å². The molecular formula is C38H54ClFN8O. The lowest BCUT2D eigenvalue weighted by Crippen LogP contribution is -2.23. The van der Waals surface area contributed by atoms with Gasteiger partial charge in [0, 0.05) is 35.8 Å². The molecule has 2 aromatic carbocycles. The van der Waals surface area contributed by atoms with Crippen molar-refractivity contribution in [2.24, 2.45) is 28.1 Å². The van der Waals surface area contributed by atoms with Crippen LogP contribution in [0.1, 0.15) is 102 Å². The fourth-order valence-electron chi connectivity index (χ4n) is 6.13. The monoisotopic (exact) mass is 692 g/mol. The number of aromatic amines is 1. The van der Waals surface area contributed by atoms with E-state index in [1.165, 1.54) is 18.4 Å². The third-order valence-electron chi connectivity index (χ3n) is 9.18. The molecule has 0 bridgehead atoms. The number of aliphatic imine (C=N–C) groups is 1. The number of hydrogen-bond acceptors (Lipinski definition) is 5. The van der Waals surface area contributed by atoms with E-state index in [0.717, 1.165) is 66.8 Å². The first-order valence-corrected chi connectivity index (χ1v) is 17.6. The van der Waals surface area contributed by atoms with Crippen molar-refractivity contribution >= 4 is 28.6 Å². The fraction of sp³-hybridized carbons (Fsp3) is 0.500. The summed E-state index contributed by atoms with van der Waals surface area (Å²) in [6.45, 7) is 15.4. The molecule has 0 unspecified atom stereocenters. The number of rotatable bonds is 9. The van der Waals surface area contributed by atoms with Crippen LogP contribution in [0, 0.1) is 11.7 Å². The highest BCUT2D eigenvalue weighted by Crippen LogP contribution is 2.39. The summed E-state index contributed by atoms with van der Waals surface area (Å²) in [6, 6.07) is 13.8. The van der Waals surface area contributed by atoms with E-state index < -0.39 is 0 Å². The maximum absolute atomic E-state index is 14.2. The summed E-state index contributed by atoms with van der Waals surface area (Å²) in [7, 11) is 0. The number of H-pyrrole nitrogens is 1. The molecule has 0 spiro atoms. The molecule has 1 fully saturated rings. The average Bonchev–Trinajstić information content (AvgIpc) is 3.47. The highest BCUT2D eigenvalue weighted by Gasteiger charge is 2.26. The average molecular weight is 693 g/mol. The number of nitrogens with two attached hydrogens (primary N) is 3. The van der Waals surface area contributed by atoms with Crippen molar-refractivity contribution in [1.82, 2.24) is 19.9 Å². The summed E-state index contributed by atoms with van der Waals surface area (Å²) in [5.74, 6) is 1.01. The molecule has 8 N–H and O–H groups in total. The van der Waals surface area contributed by atoms with Crippen LogP contribution in [0.25, 0.3) is 16.7 Å². The van der Waals surface area contributed by atoms with Crippen LogP contribution in [0.15, 0.2) is 58.4 Å². The first-order valence-electron chi connectivity index (χ1n) is 17.2. The van der Waals surface area contributed by atoms with Crippen LogP contribution in [-0.2, 0) is 17.4 Å². The lowest BCUT2D eigenvalue weighted by atomic mass is 9.77. The van der Waals surface area contributed by atoms with Gasteiger partial charge >= 0.3 is 5.69 Å². The van der Waals surface area contributed by atoms with Crippen molar-refractivity contribution < 1.29 is 4.39 Å². The van der Waals surface area contributed by atoms with Crippen molar-refractivity contribution in [3.05, 3.63) is 92.4 Å². The van der Waals surface area contributed by atoms with Gasteiger partial charge in [-0.15, -0.1) is 0 Å². The molecule has 1 aliphatic rings. The molecule has 1 aliphatic carbocycles. The summed E-state index contributed by atoms with van der Waals surface area (Å²) in [6.07, 6.45) is 7.31. The normalized spacial score (nSPS) is 16.7. The van der Waals surface area contributed by atoms with Gasteiger partial charge < -0.3 is 27.5 Å². The molecule has 0 saturated heterocycles. The largest absolute Gasteiger partial charge is 0.370 e. The Hall–Kier alpha value is -3.73. The topological polar surface area (TPSA) is 153 Å². The second kappa shape index (κ2) is 16.3. The predicted molar refractivity (Wildman–Crippen MR) is 201 cm³/mol. The summed E-state index contributed by atoms with van der Waals surface area (Å²) in [5, 5.41) is 4.53. The van der Waals surface area contributed by atoms with Crippen LogP contribution in [-0.4, -0.2) is 40.1 Å². The van der Waals surface area contributed by atoms with Gasteiger partial charge in [-0.2, -0.15) is 4.98 Å². The zero-order valence-corrected chi connectivity index (χ0v) is 30.6. The number of benzene rings is 2. The van der Waals surface area contributed by atoms with Crippen LogP contribution in [0.2, 0.25) is 5.02 Å². The van der Waals surface area contributed by atoms with Gasteiger partial charge in [0.05, 0.1) is 10.7 Å². The number of fused-ring (bicyclic) bond motifs is 1. The molecule has 266 valence electrons. The Kier molecular flexibility index (Phi) is 12.7. The fourth-order valence-corrected chi connectivity index (χ4v) is 6.35. The number of nitrogens with zero attached hydrogens (tertiary/aromatic N) is 3. The smallest absolute Gasteiger partial charge is 0.354 e. The van der Waals surface area contributed by atoms with Crippen molar-refractivity contribution in [3.63, 3.8) is 0 Å². The van der Waals surface area contributed by atoms with Gasteiger partial charge in [-0.3, -0.25) is 9.56 Å². The van der Waals surface area contributed by atoms with Crippen LogP contribution in [0.3, 0.4) is 0 Å². The van der Waals surface area contributed by atoms with Gasteiger partial charge in [-0.05, 0) is 103 Å². The van der Waals surface area contributed by atoms with Gasteiger partial charge in [-0.1, -0.05) is 71.3 Å². The molecule has 0 radical (unpaired) electrons. The first-order chi connectivity index (χ1) is 23.1. The molecule has 1 saturated carbocycles. The van der Waals surface area contributed by atoms with Crippen LogP contribution < -0.4 is 28.2 Å². The number of aromatic nitrogens is 3. The van der Waals surface area contributed by atoms with E-state index in [1.807, 2.05) is 63.4 Å². The Morgan fingerprint density at radius 3 is 2.31 bits per heavy atom. The summed E-state index contributed by atoms with van der Waals surface area (Å²) >= 11 is 6.11. The van der Waals surface area contributed by atoms with E-state index in [4.69, 9.17) is 28.8 Å². The first kappa shape index (κ1) is 38.1. The zero-order valence-electron chi connectivity index (χ0n) is 29.9. The molecule has 4 aromatic rings. The Morgan fingerprint density at radius 1 is 1.04 bits per heavy atom. The summed E-state index contributed by atoms with van der Waals surface area (Å²) in [4.78, 5) is 23.9. The number of guanidine groups is 1. The van der Waals surface area contributed by atoms with Crippen molar-refractivity contribution in [3.8, 4) is 5.69 Å². The Bertz CT molecular complexity index is 1770. The molecule has 2 aromatic heterocycles. The number of hydrogen-bond donors (Lipinski definition) is 5. The zero-order chi connectivity index (χ0) is 35.9. The maximum Gasteiger partial charge on any atom is 0.354 e. The molecule has 49 heavy (non-hydrogen) atoms. The van der Waals surface area contributed by atoms with E-state index >= 15 is 0 Å². The molecule has 0 amide bonds. The molecule has 11 heteroatoms. The molecule has 2 heterocycles. The van der Waals surface area contributed by atoms with Crippen molar-refractivity contribution in [1.29, 1.82) is 0 Å². The van der Waals surface area contributed by atoms with Gasteiger partial charge in [0.1, 0.15) is 11.5 Å². The third kappa shape index (κ3) is 10.4. The summed E-state index contributed by atoms with van der Waals surface area (Å²) in [5.41, 5.74) is 21.3. The van der Waals surface area contributed by atoms with E-state index in [9.17, 15) is 9.18 Å². The van der Waals surface area contributed by atoms with Crippen LogP contribution in [0.4, 0.5) is 4.39 Å². The minimum atomic E-state index is -0.301. The van der Waals surface area contributed by atoms with Crippen LogP contribution in [0.5, 0.6) is 0 Å². The van der Waals surface area contributed by atoms with Crippen molar-refractivity contribution in [2.75, 3.05) is 19.6 Å². The Labute approximate surface area is 294 Å². The lowest BCUT2D eigenvalue weighted by molar-refractivity contribution is 0.332. The SMILES string of the molecule is CC(C)(C)c1cc(C2CCC(CN)CC2)cc(Cl)c1F.CC(C)(C)c1cc2cn(-c3ccc(CNCCCN=C(N)N)cc3)c(=O)nc2[nH]1. The Morgan fingerprint density at radius 2 is 1.71 bits per heavy atom. The van der Waals surface area contributed by atoms with E-state index in [2.05, 4.69) is 47.1 Å². The third-order valence-corrected chi connectivity index (χ3v) is 9.45. The molecule has 0 atom stereocenters. The van der Waals surface area contributed by atoms with Gasteiger partial charge in [-0.25, -0.2) is 9.18 Å². The maximum atomic E-state index is 14.2. The number of nitrogens with one attached hydrogen (secondary N) is 2. The van der Waals surface area contributed by atoms with Gasteiger partial charge in [0.25, 0.3) is 0 Å². The van der Waals surface area contributed by atoms with Gasteiger partial charge in [0.15, 0.2) is 5.96 Å². The Balaban J connectivity index is 0.000000237. The molecular weight excluding hydrogens is 639 g/mol. The van der Waals surface area contributed by atoms with E-state index in [0.29, 0.717) is 24.0 Å². The highest BCUT2D eigenvalue weighted by atomic mass is 35.5. The second-order valence-electron chi connectivity index (χ2n) is 15.2. The minimum Gasteiger partial charge on any atom is -0.370 e. The second-order valence-corrected chi connectivity index (χ2v) is 15.6. The molecule has 0 aliphatic heterocycles. The van der Waals surface area contributed by atoms with Crippen LogP contribution >= 0.6 is 11.6 Å².